The molecule has 21 heavy (non-hydrogen) atoms. The third kappa shape index (κ3) is 2.46. The number of morpholine rings is 1. The largest absolute Gasteiger partial charge is 0.374 e. The maximum atomic E-state index is 13.0. The van der Waals surface area contributed by atoms with Crippen molar-refractivity contribution in [2.75, 3.05) is 33.3 Å². The number of piperidine rings is 1. The van der Waals surface area contributed by atoms with Gasteiger partial charge in [-0.15, -0.1) is 0 Å². The zero-order valence-corrected chi connectivity index (χ0v) is 13.3. The SMILES string of the molecule is Cc1nn(C)c(C)c1C(=O)N1CCOC2CCN(C)CC21. The molecular weight excluding hydrogens is 268 g/mol. The predicted octanol–water partition coefficient (Wildman–Crippen LogP) is 0.582. The summed E-state index contributed by atoms with van der Waals surface area (Å²) in [5.74, 6) is 0.103. The van der Waals surface area contributed by atoms with Gasteiger partial charge in [-0.3, -0.25) is 9.48 Å². The molecule has 0 aliphatic carbocycles. The van der Waals surface area contributed by atoms with E-state index in [2.05, 4.69) is 17.0 Å². The van der Waals surface area contributed by atoms with E-state index in [-0.39, 0.29) is 18.1 Å². The number of carbonyl (C=O) groups is 1. The second-order valence-electron chi connectivity index (χ2n) is 6.20. The number of likely N-dealkylation sites (N-methyl/N-ethyl adjacent to an activating group) is 1. The van der Waals surface area contributed by atoms with Crippen molar-refractivity contribution >= 4 is 5.91 Å². The summed E-state index contributed by atoms with van der Waals surface area (Å²) in [4.78, 5) is 17.3. The molecule has 2 saturated heterocycles. The molecule has 2 atom stereocenters. The minimum absolute atomic E-state index is 0.103. The molecule has 6 heteroatoms. The lowest BCUT2D eigenvalue weighted by atomic mass is 9.98. The molecule has 6 nitrogen and oxygen atoms in total. The number of hydrogen-bond donors (Lipinski definition) is 0. The number of aromatic nitrogens is 2. The van der Waals surface area contributed by atoms with Gasteiger partial charge < -0.3 is 14.5 Å². The van der Waals surface area contributed by atoms with E-state index in [1.807, 2.05) is 25.8 Å². The normalized spacial score (nSPS) is 26.8. The van der Waals surface area contributed by atoms with Gasteiger partial charge in [-0.25, -0.2) is 0 Å². The standard InChI is InChI=1S/C15H24N4O2/c1-10-14(11(2)18(4)16-10)15(20)19-7-8-21-13-5-6-17(3)9-12(13)19/h12-13H,5-9H2,1-4H3. The van der Waals surface area contributed by atoms with Crippen molar-refractivity contribution < 1.29 is 9.53 Å². The van der Waals surface area contributed by atoms with Crippen molar-refractivity contribution in [2.45, 2.75) is 32.4 Å². The van der Waals surface area contributed by atoms with E-state index in [9.17, 15) is 4.79 Å². The first-order valence-electron chi connectivity index (χ1n) is 7.60. The Balaban J connectivity index is 1.89. The summed E-state index contributed by atoms with van der Waals surface area (Å²) < 4.78 is 7.66. The van der Waals surface area contributed by atoms with E-state index >= 15 is 0 Å². The zero-order valence-electron chi connectivity index (χ0n) is 13.3. The van der Waals surface area contributed by atoms with Crippen molar-refractivity contribution in [3.8, 4) is 0 Å². The van der Waals surface area contributed by atoms with Gasteiger partial charge in [-0.2, -0.15) is 5.10 Å². The fourth-order valence-electron chi connectivity index (χ4n) is 3.51. The van der Waals surface area contributed by atoms with E-state index in [1.165, 1.54) is 0 Å². The quantitative estimate of drug-likeness (QED) is 0.760. The number of rotatable bonds is 1. The minimum Gasteiger partial charge on any atom is -0.374 e. The predicted molar refractivity (Wildman–Crippen MR) is 79.4 cm³/mol. The summed E-state index contributed by atoms with van der Waals surface area (Å²) in [5, 5.41) is 4.37. The van der Waals surface area contributed by atoms with Gasteiger partial charge in [-0.05, 0) is 27.3 Å². The van der Waals surface area contributed by atoms with Crippen molar-refractivity contribution in [1.29, 1.82) is 0 Å². The third-order valence-electron chi connectivity index (χ3n) is 4.77. The summed E-state index contributed by atoms with van der Waals surface area (Å²) >= 11 is 0. The molecule has 1 aromatic rings. The highest BCUT2D eigenvalue weighted by molar-refractivity contribution is 5.96. The van der Waals surface area contributed by atoms with E-state index in [1.54, 1.807) is 4.68 Å². The molecule has 0 aromatic carbocycles. The Labute approximate surface area is 125 Å². The Bertz CT molecular complexity index is 554. The van der Waals surface area contributed by atoms with Gasteiger partial charge in [0.05, 0.1) is 30.0 Å². The van der Waals surface area contributed by atoms with Crippen LogP contribution in [0.25, 0.3) is 0 Å². The van der Waals surface area contributed by atoms with Crippen LogP contribution in [-0.2, 0) is 11.8 Å². The number of ether oxygens (including phenoxy) is 1. The average Bonchev–Trinajstić information content (AvgIpc) is 2.71. The number of amides is 1. The van der Waals surface area contributed by atoms with E-state index in [0.29, 0.717) is 13.2 Å². The Morgan fingerprint density at radius 2 is 2.05 bits per heavy atom. The highest BCUT2D eigenvalue weighted by Crippen LogP contribution is 2.25. The fourth-order valence-corrected chi connectivity index (χ4v) is 3.51. The first-order chi connectivity index (χ1) is 9.99. The monoisotopic (exact) mass is 292 g/mol. The number of nitrogens with zero attached hydrogens (tertiary/aromatic N) is 4. The number of aryl methyl sites for hydroxylation is 2. The van der Waals surface area contributed by atoms with Crippen LogP contribution >= 0.6 is 0 Å². The minimum atomic E-state index is 0.103. The number of fused-ring (bicyclic) bond motifs is 1. The molecule has 116 valence electrons. The number of likely N-dealkylation sites (tertiary alicyclic amines) is 1. The molecule has 0 saturated carbocycles. The van der Waals surface area contributed by atoms with Crippen LogP contribution in [0.3, 0.4) is 0 Å². The van der Waals surface area contributed by atoms with Crippen LogP contribution < -0.4 is 0 Å². The zero-order chi connectivity index (χ0) is 15.1. The van der Waals surface area contributed by atoms with Crippen molar-refractivity contribution in [3.63, 3.8) is 0 Å². The summed E-state index contributed by atoms with van der Waals surface area (Å²) in [5.41, 5.74) is 2.50. The molecule has 3 rings (SSSR count). The Morgan fingerprint density at radius 3 is 2.71 bits per heavy atom. The van der Waals surface area contributed by atoms with Crippen LogP contribution in [0, 0.1) is 13.8 Å². The number of hydrogen-bond acceptors (Lipinski definition) is 4. The summed E-state index contributed by atoms with van der Waals surface area (Å²) in [6.45, 7) is 7.09. The Hall–Kier alpha value is -1.40. The molecule has 3 heterocycles. The summed E-state index contributed by atoms with van der Waals surface area (Å²) in [7, 11) is 3.99. The van der Waals surface area contributed by atoms with Crippen molar-refractivity contribution in [3.05, 3.63) is 17.0 Å². The lowest BCUT2D eigenvalue weighted by molar-refractivity contribution is -0.0870. The maximum absolute atomic E-state index is 13.0. The van der Waals surface area contributed by atoms with Crippen LogP contribution in [-0.4, -0.2) is 70.9 Å². The average molecular weight is 292 g/mol. The number of carbonyl (C=O) groups excluding carboxylic acids is 1. The summed E-state index contributed by atoms with van der Waals surface area (Å²) in [6, 6.07) is 0.156. The molecule has 1 amide bonds. The molecule has 0 bridgehead atoms. The lowest BCUT2D eigenvalue weighted by Crippen LogP contribution is -2.60. The van der Waals surface area contributed by atoms with Crippen LogP contribution in [0.1, 0.15) is 28.2 Å². The van der Waals surface area contributed by atoms with Gasteiger partial charge in [0.2, 0.25) is 0 Å². The van der Waals surface area contributed by atoms with Crippen molar-refractivity contribution in [1.82, 2.24) is 19.6 Å². The second kappa shape index (κ2) is 5.42. The van der Waals surface area contributed by atoms with Gasteiger partial charge >= 0.3 is 0 Å². The third-order valence-corrected chi connectivity index (χ3v) is 4.77. The maximum Gasteiger partial charge on any atom is 0.258 e. The Morgan fingerprint density at radius 1 is 1.29 bits per heavy atom. The van der Waals surface area contributed by atoms with Crippen LogP contribution in [0.2, 0.25) is 0 Å². The first kappa shape index (κ1) is 14.5. The van der Waals surface area contributed by atoms with Crippen molar-refractivity contribution in [2.24, 2.45) is 7.05 Å². The highest BCUT2D eigenvalue weighted by Gasteiger charge is 2.39. The molecule has 2 fully saturated rings. The molecule has 2 aliphatic heterocycles. The van der Waals surface area contributed by atoms with Gasteiger partial charge in [0.15, 0.2) is 0 Å². The van der Waals surface area contributed by atoms with Gasteiger partial charge in [0, 0.05) is 32.4 Å². The van der Waals surface area contributed by atoms with Gasteiger partial charge in [0.1, 0.15) is 0 Å². The molecule has 0 radical (unpaired) electrons. The van der Waals surface area contributed by atoms with Crippen LogP contribution in [0.15, 0.2) is 0 Å². The molecule has 0 spiro atoms. The Kier molecular flexibility index (Phi) is 3.75. The van der Waals surface area contributed by atoms with Crippen LogP contribution in [0.5, 0.6) is 0 Å². The fraction of sp³-hybridized carbons (Fsp3) is 0.733. The van der Waals surface area contributed by atoms with Gasteiger partial charge in [-0.1, -0.05) is 0 Å². The lowest BCUT2D eigenvalue weighted by Gasteiger charge is -2.46. The molecular formula is C15H24N4O2. The molecule has 0 N–H and O–H groups in total. The van der Waals surface area contributed by atoms with E-state index < -0.39 is 0 Å². The first-order valence-corrected chi connectivity index (χ1v) is 7.60. The molecule has 2 unspecified atom stereocenters. The molecule has 2 aliphatic rings. The summed E-state index contributed by atoms with van der Waals surface area (Å²) in [6.07, 6.45) is 1.17. The molecule has 1 aromatic heterocycles. The highest BCUT2D eigenvalue weighted by atomic mass is 16.5. The smallest absolute Gasteiger partial charge is 0.258 e. The topological polar surface area (TPSA) is 50.6 Å². The van der Waals surface area contributed by atoms with Gasteiger partial charge in [0.25, 0.3) is 5.91 Å². The second-order valence-corrected chi connectivity index (χ2v) is 6.20. The van der Waals surface area contributed by atoms with E-state index in [0.717, 1.165) is 36.5 Å². The van der Waals surface area contributed by atoms with Crippen LogP contribution in [0.4, 0.5) is 0 Å². The van der Waals surface area contributed by atoms with E-state index in [4.69, 9.17) is 4.74 Å².